The summed E-state index contributed by atoms with van der Waals surface area (Å²) < 4.78 is 37.5. The molecule has 0 aliphatic carbocycles. The first kappa shape index (κ1) is 15.0. The Kier molecular flexibility index (Phi) is 5.62. The van der Waals surface area contributed by atoms with Gasteiger partial charge in [-0.05, 0) is 37.1 Å². The molecule has 0 aliphatic heterocycles. The molecule has 0 spiro atoms. The summed E-state index contributed by atoms with van der Waals surface area (Å²) in [6.45, 7) is 0.597. The average molecular weight is 261 g/mol. The third kappa shape index (κ3) is 4.66. The molecule has 0 aliphatic rings. The molecule has 1 aromatic carbocycles. The van der Waals surface area contributed by atoms with Crippen molar-refractivity contribution < 1.29 is 18.3 Å². The first-order valence-electron chi connectivity index (χ1n) is 6.00. The van der Waals surface area contributed by atoms with Gasteiger partial charge in [-0.15, -0.1) is 0 Å². The number of halogens is 3. The highest BCUT2D eigenvalue weighted by Gasteiger charge is 2.30. The number of hydrogen-bond acceptors (Lipinski definition) is 2. The van der Waals surface area contributed by atoms with Crippen LogP contribution < -0.4 is 5.73 Å². The van der Waals surface area contributed by atoms with E-state index >= 15 is 0 Å². The van der Waals surface area contributed by atoms with E-state index in [1.807, 2.05) is 0 Å². The lowest BCUT2D eigenvalue weighted by atomic mass is 10.0. The van der Waals surface area contributed by atoms with Gasteiger partial charge in [0, 0.05) is 0 Å². The van der Waals surface area contributed by atoms with Crippen LogP contribution in [-0.4, -0.2) is 11.7 Å². The fourth-order valence-corrected chi connectivity index (χ4v) is 1.75. The lowest BCUT2D eigenvalue weighted by Gasteiger charge is -2.13. The number of unbranched alkanes of at least 4 members (excludes halogenated alkanes) is 2. The Hall–Kier alpha value is -1.07. The minimum atomic E-state index is -4.37. The van der Waals surface area contributed by atoms with Crippen molar-refractivity contribution in [3.05, 3.63) is 35.4 Å². The van der Waals surface area contributed by atoms with Gasteiger partial charge in [0.1, 0.15) is 0 Å². The van der Waals surface area contributed by atoms with Crippen molar-refractivity contribution in [2.45, 2.75) is 38.0 Å². The Labute approximate surface area is 105 Å². The van der Waals surface area contributed by atoms with Gasteiger partial charge in [0.05, 0.1) is 11.7 Å². The molecule has 0 saturated carbocycles. The third-order valence-corrected chi connectivity index (χ3v) is 2.78. The minimum absolute atomic E-state index is 0.317. The van der Waals surface area contributed by atoms with E-state index in [4.69, 9.17) is 5.73 Å². The number of aliphatic hydroxyl groups is 1. The summed E-state index contributed by atoms with van der Waals surface area (Å²) in [6.07, 6.45) is -2.24. The van der Waals surface area contributed by atoms with Crippen LogP contribution in [0.4, 0.5) is 13.2 Å². The van der Waals surface area contributed by atoms with E-state index in [1.165, 1.54) is 12.1 Å². The van der Waals surface area contributed by atoms with Gasteiger partial charge in [-0.2, -0.15) is 13.2 Å². The van der Waals surface area contributed by atoms with Crippen LogP contribution in [0.25, 0.3) is 0 Å². The van der Waals surface area contributed by atoms with Gasteiger partial charge in [0.15, 0.2) is 0 Å². The van der Waals surface area contributed by atoms with Gasteiger partial charge in [0.25, 0.3) is 0 Å². The fourth-order valence-electron chi connectivity index (χ4n) is 1.75. The van der Waals surface area contributed by atoms with Crippen molar-refractivity contribution in [2.24, 2.45) is 5.73 Å². The maximum absolute atomic E-state index is 12.5. The third-order valence-electron chi connectivity index (χ3n) is 2.78. The zero-order valence-corrected chi connectivity index (χ0v) is 10.1. The fraction of sp³-hybridized carbons (Fsp3) is 0.538. The highest BCUT2D eigenvalue weighted by atomic mass is 19.4. The van der Waals surface area contributed by atoms with Crippen LogP contribution in [0.15, 0.2) is 24.3 Å². The topological polar surface area (TPSA) is 46.2 Å². The molecule has 0 radical (unpaired) electrons. The number of benzene rings is 1. The molecule has 0 fully saturated rings. The molecule has 0 saturated heterocycles. The van der Waals surface area contributed by atoms with E-state index in [0.29, 0.717) is 18.5 Å². The van der Waals surface area contributed by atoms with E-state index in [9.17, 15) is 18.3 Å². The summed E-state index contributed by atoms with van der Waals surface area (Å²) in [6, 6.07) is 4.85. The van der Waals surface area contributed by atoms with Crippen LogP contribution in [0.3, 0.4) is 0 Å². The summed E-state index contributed by atoms with van der Waals surface area (Å²) in [5, 5.41) is 9.81. The molecule has 0 aromatic heterocycles. The van der Waals surface area contributed by atoms with Crippen molar-refractivity contribution in [1.29, 1.82) is 0 Å². The van der Waals surface area contributed by atoms with Crippen molar-refractivity contribution >= 4 is 0 Å². The maximum Gasteiger partial charge on any atom is 0.416 e. The number of aliphatic hydroxyl groups excluding tert-OH is 1. The van der Waals surface area contributed by atoms with Crippen LogP contribution in [0, 0.1) is 0 Å². The second-order valence-corrected chi connectivity index (χ2v) is 4.28. The molecule has 5 heteroatoms. The quantitative estimate of drug-likeness (QED) is 0.772. The van der Waals surface area contributed by atoms with Crippen molar-refractivity contribution in [1.82, 2.24) is 0 Å². The molecular formula is C13H18F3NO. The number of rotatable bonds is 6. The zero-order valence-electron chi connectivity index (χ0n) is 10.1. The SMILES string of the molecule is NCCCCC[C@H](O)c1cccc(C(F)(F)F)c1. The molecule has 2 nitrogen and oxygen atoms in total. The Morgan fingerprint density at radius 2 is 1.89 bits per heavy atom. The highest BCUT2D eigenvalue weighted by Crippen LogP contribution is 2.31. The summed E-state index contributed by atoms with van der Waals surface area (Å²) >= 11 is 0. The second-order valence-electron chi connectivity index (χ2n) is 4.28. The molecular weight excluding hydrogens is 243 g/mol. The first-order valence-corrected chi connectivity index (χ1v) is 6.00. The Morgan fingerprint density at radius 1 is 1.17 bits per heavy atom. The predicted octanol–water partition coefficient (Wildman–Crippen LogP) is 3.26. The van der Waals surface area contributed by atoms with Crippen molar-refractivity contribution in [3.63, 3.8) is 0 Å². The molecule has 1 atom stereocenters. The summed E-state index contributed by atoms with van der Waals surface area (Å²) in [4.78, 5) is 0. The van der Waals surface area contributed by atoms with E-state index < -0.39 is 17.8 Å². The van der Waals surface area contributed by atoms with Crippen molar-refractivity contribution in [3.8, 4) is 0 Å². The molecule has 0 unspecified atom stereocenters. The van der Waals surface area contributed by atoms with Crippen LogP contribution in [0.1, 0.15) is 42.9 Å². The van der Waals surface area contributed by atoms with Crippen LogP contribution in [0.2, 0.25) is 0 Å². The molecule has 102 valence electrons. The Balaban J connectivity index is 2.60. The van der Waals surface area contributed by atoms with Gasteiger partial charge in [-0.3, -0.25) is 0 Å². The minimum Gasteiger partial charge on any atom is -0.388 e. The van der Waals surface area contributed by atoms with E-state index in [1.54, 1.807) is 0 Å². The average Bonchev–Trinajstić information content (AvgIpc) is 2.33. The number of nitrogens with two attached hydrogens (primary N) is 1. The maximum atomic E-state index is 12.5. The summed E-state index contributed by atoms with van der Waals surface area (Å²) in [5.41, 5.74) is 4.93. The van der Waals surface area contributed by atoms with Gasteiger partial charge >= 0.3 is 6.18 Å². The van der Waals surface area contributed by atoms with Gasteiger partial charge in [-0.25, -0.2) is 0 Å². The number of alkyl halides is 3. The second kappa shape index (κ2) is 6.75. The van der Waals surface area contributed by atoms with Crippen LogP contribution >= 0.6 is 0 Å². The number of hydrogen-bond donors (Lipinski definition) is 2. The molecule has 0 amide bonds. The normalized spacial score (nSPS) is 13.6. The monoisotopic (exact) mass is 261 g/mol. The van der Waals surface area contributed by atoms with Crippen LogP contribution in [0.5, 0.6) is 0 Å². The molecule has 1 aromatic rings. The smallest absolute Gasteiger partial charge is 0.388 e. The summed E-state index contributed by atoms with van der Waals surface area (Å²) in [5.74, 6) is 0. The van der Waals surface area contributed by atoms with E-state index in [-0.39, 0.29) is 0 Å². The predicted molar refractivity (Wildman–Crippen MR) is 63.9 cm³/mol. The molecule has 1 rings (SSSR count). The zero-order chi connectivity index (χ0) is 13.6. The van der Waals surface area contributed by atoms with Gasteiger partial charge in [-0.1, -0.05) is 25.0 Å². The largest absolute Gasteiger partial charge is 0.416 e. The lowest BCUT2D eigenvalue weighted by Crippen LogP contribution is -2.07. The molecule has 18 heavy (non-hydrogen) atoms. The molecule has 0 bridgehead atoms. The standard InChI is InChI=1S/C13H18F3NO/c14-13(15,16)11-6-4-5-10(9-11)12(18)7-2-1-3-8-17/h4-6,9,12,18H,1-3,7-8,17H2/t12-/m0/s1. The highest BCUT2D eigenvalue weighted by molar-refractivity contribution is 5.27. The first-order chi connectivity index (χ1) is 8.45. The van der Waals surface area contributed by atoms with Crippen LogP contribution in [-0.2, 0) is 6.18 Å². The Morgan fingerprint density at radius 3 is 2.50 bits per heavy atom. The van der Waals surface area contributed by atoms with E-state index in [2.05, 4.69) is 0 Å². The summed E-state index contributed by atoms with van der Waals surface area (Å²) in [7, 11) is 0. The lowest BCUT2D eigenvalue weighted by molar-refractivity contribution is -0.137. The molecule has 3 N–H and O–H groups in total. The van der Waals surface area contributed by atoms with E-state index in [0.717, 1.165) is 31.4 Å². The molecule has 0 heterocycles. The Bertz CT molecular complexity index is 365. The van der Waals surface area contributed by atoms with Crippen molar-refractivity contribution in [2.75, 3.05) is 6.54 Å². The van der Waals surface area contributed by atoms with Gasteiger partial charge < -0.3 is 10.8 Å². The van der Waals surface area contributed by atoms with Gasteiger partial charge in [0.2, 0.25) is 0 Å².